The standard InChI is InChI=1S/C18H20ClNO3S/c19-16-8-4-7-15(9-16)11-20(10-14-5-2-1-3-6-14)17-12-24(22,23)13-18(17)21/h1-9,17-18,21H,10-13H2/t17-,18-/m0/s1. The molecule has 128 valence electrons. The maximum absolute atomic E-state index is 11.9. The van der Waals surface area contributed by atoms with Crippen molar-refractivity contribution in [3.63, 3.8) is 0 Å². The van der Waals surface area contributed by atoms with Crippen molar-refractivity contribution >= 4 is 21.4 Å². The van der Waals surface area contributed by atoms with Crippen molar-refractivity contribution in [3.8, 4) is 0 Å². The molecule has 0 saturated carbocycles. The van der Waals surface area contributed by atoms with Gasteiger partial charge in [0, 0.05) is 18.1 Å². The molecular weight excluding hydrogens is 346 g/mol. The van der Waals surface area contributed by atoms with Crippen LogP contribution in [0.4, 0.5) is 0 Å². The zero-order chi connectivity index (χ0) is 17.2. The summed E-state index contributed by atoms with van der Waals surface area (Å²) in [6.07, 6.45) is -0.863. The van der Waals surface area contributed by atoms with Crippen LogP contribution in [0.2, 0.25) is 5.02 Å². The Morgan fingerprint density at radius 1 is 1.00 bits per heavy atom. The van der Waals surface area contributed by atoms with E-state index in [9.17, 15) is 13.5 Å². The zero-order valence-corrected chi connectivity index (χ0v) is 14.7. The van der Waals surface area contributed by atoms with Crippen LogP contribution in [0, 0.1) is 0 Å². The number of aliphatic hydroxyl groups is 1. The number of benzene rings is 2. The van der Waals surface area contributed by atoms with E-state index in [1.165, 1.54) is 0 Å². The number of hydrogen-bond donors (Lipinski definition) is 1. The molecule has 0 aliphatic carbocycles. The summed E-state index contributed by atoms with van der Waals surface area (Å²) in [4.78, 5) is 2.02. The second-order valence-corrected chi connectivity index (χ2v) is 8.82. The summed E-state index contributed by atoms with van der Waals surface area (Å²) < 4.78 is 23.8. The lowest BCUT2D eigenvalue weighted by molar-refractivity contribution is 0.0731. The Kier molecular flexibility index (Phi) is 5.25. The molecule has 1 saturated heterocycles. The van der Waals surface area contributed by atoms with Crippen molar-refractivity contribution in [1.29, 1.82) is 0 Å². The van der Waals surface area contributed by atoms with Gasteiger partial charge in [-0.2, -0.15) is 0 Å². The van der Waals surface area contributed by atoms with E-state index < -0.39 is 22.0 Å². The van der Waals surface area contributed by atoms with Crippen molar-refractivity contribution in [2.45, 2.75) is 25.2 Å². The van der Waals surface area contributed by atoms with Crippen LogP contribution in [0.15, 0.2) is 54.6 Å². The topological polar surface area (TPSA) is 57.6 Å². The molecule has 6 heteroatoms. The molecule has 1 fully saturated rings. The van der Waals surface area contributed by atoms with Crippen molar-refractivity contribution in [2.24, 2.45) is 0 Å². The smallest absolute Gasteiger partial charge is 0.154 e. The maximum Gasteiger partial charge on any atom is 0.154 e. The predicted octanol–water partition coefficient (Wildman–Crippen LogP) is 2.50. The first-order chi connectivity index (χ1) is 11.4. The van der Waals surface area contributed by atoms with E-state index in [0.29, 0.717) is 18.1 Å². The van der Waals surface area contributed by atoms with Gasteiger partial charge in [0.1, 0.15) is 0 Å². The lowest BCUT2D eigenvalue weighted by Crippen LogP contribution is -2.42. The highest BCUT2D eigenvalue weighted by Crippen LogP contribution is 2.23. The van der Waals surface area contributed by atoms with Gasteiger partial charge in [0.05, 0.1) is 23.7 Å². The summed E-state index contributed by atoms with van der Waals surface area (Å²) in [6.45, 7) is 1.11. The lowest BCUT2D eigenvalue weighted by atomic mass is 10.1. The summed E-state index contributed by atoms with van der Waals surface area (Å²) >= 11 is 6.06. The van der Waals surface area contributed by atoms with Crippen LogP contribution in [0.3, 0.4) is 0 Å². The Bertz CT molecular complexity index is 795. The molecule has 0 radical (unpaired) electrons. The molecule has 1 aliphatic rings. The molecule has 0 aromatic heterocycles. The van der Waals surface area contributed by atoms with Crippen LogP contribution in [0.25, 0.3) is 0 Å². The van der Waals surface area contributed by atoms with Gasteiger partial charge in [-0.1, -0.05) is 54.1 Å². The molecule has 24 heavy (non-hydrogen) atoms. The first-order valence-corrected chi connectivity index (χ1v) is 10.0. The van der Waals surface area contributed by atoms with Crippen LogP contribution >= 0.6 is 11.6 Å². The summed E-state index contributed by atoms with van der Waals surface area (Å²) in [5, 5.41) is 10.9. The molecule has 1 aliphatic heterocycles. The Labute approximate surface area is 147 Å². The number of nitrogens with zero attached hydrogens (tertiary/aromatic N) is 1. The average molecular weight is 366 g/mol. The Morgan fingerprint density at radius 3 is 2.29 bits per heavy atom. The summed E-state index contributed by atoms with van der Waals surface area (Å²) in [6, 6.07) is 17.0. The second kappa shape index (κ2) is 7.23. The van der Waals surface area contributed by atoms with Crippen molar-refractivity contribution in [2.75, 3.05) is 11.5 Å². The Hall–Kier alpha value is -1.40. The highest BCUT2D eigenvalue weighted by Gasteiger charge is 2.39. The molecule has 2 aromatic rings. The molecule has 1 heterocycles. The molecule has 3 rings (SSSR count). The monoisotopic (exact) mass is 365 g/mol. The second-order valence-electron chi connectivity index (χ2n) is 6.23. The van der Waals surface area contributed by atoms with Gasteiger partial charge >= 0.3 is 0 Å². The minimum atomic E-state index is -3.20. The molecule has 0 unspecified atom stereocenters. The van der Waals surface area contributed by atoms with Crippen LogP contribution in [-0.4, -0.2) is 42.1 Å². The molecule has 0 spiro atoms. The first-order valence-electron chi connectivity index (χ1n) is 7.84. The van der Waals surface area contributed by atoms with Gasteiger partial charge in [0.25, 0.3) is 0 Å². The molecule has 1 N–H and O–H groups in total. The third kappa shape index (κ3) is 4.36. The quantitative estimate of drug-likeness (QED) is 0.884. The van der Waals surface area contributed by atoms with E-state index >= 15 is 0 Å². The van der Waals surface area contributed by atoms with Gasteiger partial charge in [-0.15, -0.1) is 0 Å². The van der Waals surface area contributed by atoms with Gasteiger partial charge in [-0.05, 0) is 23.3 Å². The largest absolute Gasteiger partial charge is 0.390 e. The maximum atomic E-state index is 11.9. The molecule has 0 amide bonds. The summed E-state index contributed by atoms with van der Waals surface area (Å²) in [5.41, 5.74) is 2.07. The zero-order valence-electron chi connectivity index (χ0n) is 13.2. The molecule has 2 aromatic carbocycles. The normalized spacial score (nSPS) is 22.8. The van der Waals surface area contributed by atoms with Crippen LogP contribution in [-0.2, 0) is 22.9 Å². The summed E-state index contributed by atoms with van der Waals surface area (Å²) in [7, 11) is -3.20. The van der Waals surface area contributed by atoms with Gasteiger partial charge in [0.15, 0.2) is 9.84 Å². The Morgan fingerprint density at radius 2 is 1.67 bits per heavy atom. The van der Waals surface area contributed by atoms with Crippen LogP contribution in [0.1, 0.15) is 11.1 Å². The van der Waals surface area contributed by atoms with E-state index in [1.54, 1.807) is 0 Å². The van der Waals surface area contributed by atoms with Crippen molar-refractivity contribution < 1.29 is 13.5 Å². The number of aliphatic hydroxyl groups excluding tert-OH is 1. The third-order valence-corrected chi connectivity index (χ3v) is 6.20. The summed E-state index contributed by atoms with van der Waals surface area (Å²) in [5.74, 6) is -0.180. The molecule has 0 bridgehead atoms. The number of rotatable bonds is 5. The number of halogens is 1. The highest BCUT2D eigenvalue weighted by molar-refractivity contribution is 7.91. The average Bonchev–Trinajstić information content (AvgIpc) is 2.81. The van der Waals surface area contributed by atoms with Gasteiger partial charge in [0.2, 0.25) is 0 Å². The predicted molar refractivity (Wildman–Crippen MR) is 95.6 cm³/mol. The highest BCUT2D eigenvalue weighted by atomic mass is 35.5. The van der Waals surface area contributed by atoms with E-state index in [1.807, 2.05) is 59.5 Å². The van der Waals surface area contributed by atoms with E-state index in [4.69, 9.17) is 11.6 Å². The SMILES string of the molecule is O=S1(=O)C[C@H](O)[C@@H](N(Cc2ccccc2)Cc2cccc(Cl)c2)C1. The first kappa shape index (κ1) is 17.4. The Balaban J connectivity index is 1.86. The molecule has 2 atom stereocenters. The lowest BCUT2D eigenvalue weighted by Gasteiger charge is -2.30. The fourth-order valence-electron chi connectivity index (χ4n) is 3.14. The van der Waals surface area contributed by atoms with Crippen LogP contribution in [0.5, 0.6) is 0 Å². The van der Waals surface area contributed by atoms with Crippen molar-refractivity contribution in [1.82, 2.24) is 4.90 Å². The van der Waals surface area contributed by atoms with E-state index in [0.717, 1.165) is 11.1 Å². The van der Waals surface area contributed by atoms with Gasteiger partial charge in [-0.25, -0.2) is 8.42 Å². The minimum Gasteiger partial charge on any atom is -0.390 e. The van der Waals surface area contributed by atoms with E-state index in [-0.39, 0.29) is 11.5 Å². The minimum absolute atomic E-state index is 0.0123. The number of hydrogen-bond acceptors (Lipinski definition) is 4. The van der Waals surface area contributed by atoms with Gasteiger partial charge < -0.3 is 5.11 Å². The van der Waals surface area contributed by atoms with Crippen molar-refractivity contribution in [3.05, 3.63) is 70.7 Å². The fraction of sp³-hybridized carbons (Fsp3) is 0.333. The van der Waals surface area contributed by atoms with Gasteiger partial charge in [-0.3, -0.25) is 4.90 Å². The third-order valence-electron chi connectivity index (χ3n) is 4.27. The van der Waals surface area contributed by atoms with E-state index in [2.05, 4.69) is 0 Å². The number of sulfone groups is 1. The molecular formula is C18H20ClNO3S. The molecule has 4 nitrogen and oxygen atoms in total. The van der Waals surface area contributed by atoms with Crippen LogP contribution < -0.4 is 0 Å². The fourth-order valence-corrected chi connectivity index (χ4v) is 5.18.